The van der Waals surface area contributed by atoms with Gasteiger partial charge in [-0.3, -0.25) is 0 Å². The molecule has 5 rings (SSSR count). The highest BCUT2D eigenvalue weighted by atomic mass is 19.4. The predicted molar refractivity (Wildman–Crippen MR) is 116 cm³/mol. The fourth-order valence-electron chi connectivity index (χ4n) is 3.68. The molecule has 0 amide bonds. The van der Waals surface area contributed by atoms with E-state index in [1.54, 1.807) is 24.3 Å². The first-order valence-electron chi connectivity index (χ1n) is 10.6. The number of fused-ring (bicyclic) bond motifs is 2. The maximum absolute atomic E-state index is 12.4. The summed E-state index contributed by atoms with van der Waals surface area (Å²) < 4.78 is 58.2. The smallest absolute Gasteiger partial charge is 0.488 e. The molecule has 3 aromatic rings. The second-order valence-electron chi connectivity index (χ2n) is 7.68. The van der Waals surface area contributed by atoms with Crippen LogP contribution in [0.15, 0.2) is 60.7 Å². The van der Waals surface area contributed by atoms with Crippen LogP contribution >= 0.6 is 0 Å². The molecule has 0 spiro atoms. The van der Waals surface area contributed by atoms with E-state index in [-0.39, 0.29) is 5.75 Å². The predicted octanol–water partition coefficient (Wildman–Crippen LogP) is 4.72. The van der Waals surface area contributed by atoms with Crippen LogP contribution in [0.5, 0.6) is 28.7 Å². The molecule has 178 valence electrons. The van der Waals surface area contributed by atoms with Crippen molar-refractivity contribution in [1.82, 2.24) is 10.6 Å². The standard InChI is InChI=1S/C24H21F3N2O5/c25-24(26,27)33-19-5-2-17(3-6-19)18-4-8-21-23(14-18)34-28-29(9-10-30-21)15-16-1-7-20-22(13-16)32-12-11-31-20/h1-8,13-14,28H,9-12,15H2. The average molecular weight is 474 g/mol. The summed E-state index contributed by atoms with van der Waals surface area (Å²) in [6, 6.07) is 16.8. The highest BCUT2D eigenvalue weighted by Gasteiger charge is 2.31. The highest BCUT2D eigenvalue weighted by Crippen LogP contribution is 2.35. The number of ether oxygens (including phenoxy) is 4. The number of nitrogens with zero attached hydrogens (tertiary/aromatic N) is 1. The molecule has 0 atom stereocenters. The summed E-state index contributed by atoms with van der Waals surface area (Å²) in [7, 11) is 0. The third-order valence-corrected chi connectivity index (χ3v) is 5.25. The van der Waals surface area contributed by atoms with Crippen LogP contribution in [0.25, 0.3) is 11.1 Å². The number of hydrazine groups is 1. The monoisotopic (exact) mass is 474 g/mol. The molecular weight excluding hydrogens is 453 g/mol. The van der Waals surface area contributed by atoms with E-state index in [0.717, 1.165) is 22.6 Å². The van der Waals surface area contributed by atoms with Crippen molar-refractivity contribution in [2.75, 3.05) is 26.4 Å². The lowest BCUT2D eigenvalue weighted by atomic mass is 10.1. The van der Waals surface area contributed by atoms with Gasteiger partial charge in [-0.25, -0.2) is 5.01 Å². The van der Waals surface area contributed by atoms with Gasteiger partial charge in [0.1, 0.15) is 25.6 Å². The molecule has 2 heterocycles. The zero-order chi connectivity index (χ0) is 23.5. The van der Waals surface area contributed by atoms with Gasteiger partial charge in [-0.05, 0) is 53.1 Å². The second-order valence-corrected chi connectivity index (χ2v) is 7.68. The number of halogens is 3. The number of hydrogen-bond donors (Lipinski definition) is 1. The summed E-state index contributed by atoms with van der Waals surface area (Å²) in [6.07, 6.45) is -4.73. The van der Waals surface area contributed by atoms with Gasteiger partial charge in [-0.2, -0.15) is 0 Å². The topological polar surface area (TPSA) is 61.4 Å². The molecule has 0 unspecified atom stereocenters. The van der Waals surface area contributed by atoms with Crippen LogP contribution in [0.1, 0.15) is 5.56 Å². The maximum Gasteiger partial charge on any atom is 0.573 e. The van der Waals surface area contributed by atoms with Gasteiger partial charge in [-0.1, -0.05) is 29.9 Å². The van der Waals surface area contributed by atoms with E-state index in [2.05, 4.69) is 10.3 Å². The van der Waals surface area contributed by atoms with Crippen molar-refractivity contribution in [3.8, 4) is 39.9 Å². The van der Waals surface area contributed by atoms with Gasteiger partial charge >= 0.3 is 6.36 Å². The van der Waals surface area contributed by atoms with Crippen LogP contribution < -0.4 is 29.4 Å². The summed E-state index contributed by atoms with van der Waals surface area (Å²) in [5, 5.41) is 1.87. The Balaban J connectivity index is 1.27. The van der Waals surface area contributed by atoms with Crippen molar-refractivity contribution in [2.24, 2.45) is 0 Å². The van der Waals surface area contributed by atoms with Gasteiger partial charge < -0.3 is 23.8 Å². The molecule has 0 saturated heterocycles. The Morgan fingerprint density at radius 3 is 2.24 bits per heavy atom. The van der Waals surface area contributed by atoms with Gasteiger partial charge in [0.2, 0.25) is 0 Å². The van der Waals surface area contributed by atoms with E-state index in [1.807, 2.05) is 29.3 Å². The average Bonchev–Trinajstić information content (AvgIpc) is 2.81. The van der Waals surface area contributed by atoms with Crippen LogP contribution in [0, 0.1) is 0 Å². The molecule has 0 fully saturated rings. The van der Waals surface area contributed by atoms with Crippen molar-refractivity contribution in [3.63, 3.8) is 0 Å². The van der Waals surface area contributed by atoms with Crippen LogP contribution in [0.3, 0.4) is 0 Å². The first kappa shape index (κ1) is 22.2. The number of benzene rings is 3. The number of alkyl halides is 3. The van der Waals surface area contributed by atoms with Crippen molar-refractivity contribution in [2.45, 2.75) is 12.9 Å². The van der Waals surface area contributed by atoms with Crippen LogP contribution in [-0.4, -0.2) is 37.7 Å². The minimum absolute atomic E-state index is 0.279. The van der Waals surface area contributed by atoms with E-state index >= 15 is 0 Å². The van der Waals surface area contributed by atoms with Crippen molar-refractivity contribution < 1.29 is 37.0 Å². The number of rotatable bonds is 4. The molecule has 2 aliphatic heterocycles. The molecule has 3 aromatic carbocycles. The van der Waals surface area contributed by atoms with Gasteiger partial charge in [0.15, 0.2) is 23.0 Å². The van der Waals surface area contributed by atoms with Crippen molar-refractivity contribution >= 4 is 0 Å². The molecule has 1 N–H and O–H groups in total. The van der Waals surface area contributed by atoms with E-state index < -0.39 is 6.36 Å². The lowest BCUT2D eigenvalue weighted by Crippen LogP contribution is -2.43. The molecule has 34 heavy (non-hydrogen) atoms. The first-order chi connectivity index (χ1) is 16.4. The largest absolute Gasteiger partial charge is 0.573 e. The Labute approximate surface area is 193 Å². The highest BCUT2D eigenvalue weighted by molar-refractivity contribution is 5.67. The van der Waals surface area contributed by atoms with Crippen LogP contribution in [0.4, 0.5) is 13.2 Å². The van der Waals surface area contributed by atoms with E-state index in [9.17, 15) is 13.2 Å². The maximum atomic E-state index is 12.4. The summed E-state index contributed by atoms with van der Waals surface area (Å²) >= 11 is 0. The Morgan fingerprint density at radius 1 is 0.765 bits per heavy atom. The molecule has 0 radical (unpaired) electrons. The molecular formula is C24H21F3N2O5. The Hall–Kier alpha value is -3.63. The molecule has 0 aromatic heterocycles. The lowest BCUT2D eigenvalue weighted by molar-refractivity contribution is -0.274. The zero-order valence-corrected chi connectivity index (χ0v) is 17.9. The fourth-order valence-corrected chi connectivity index (χ4v) is 3.68. The van der Waals surface area contributed by atoms with Gasteiger partial charge in [0.25, 0.3) is 0 Å². The summed E-state index contributed by atoms with van der Waals surface area (Å²) in [4.78, 5) is 5.80. The van der Waals surface area contributed by atoms with Crippen molar-refractivity contribution in [1.29, 1.82) is 0 Å². The third kappa shape index (κ3) is 5.29. The van der Waals surface area contributed by atoms with E-state index in [1.165, 1.54) is 12.1 Å². The fraction of sp³-hybridized carbons (Fsp3) is 0.250. The quantitative estimate of drug-likeness (QED) is 0.587. The SMILES string of the molecule is FC(F)(F)Oc1ccc(-c2ccc3c(c2)ONN(Cc2ccc4c(c2)OCCO4)CCO3)cc1. The van der Waals surface area contributed by atoms with E-state index in [0.29, 0.717) is 50.0 Å². The lowest BCUT2D eigenvalue weighted by Gasteiger charge is -2.27. The Kier molecular flexibility index (Phi) is 6.08. The van der Waals surface area contributed by atoms with Gasteiger partial charge in [-0.15, -0.1) is 13.2 Å². The third-order valence-electron chi connectivity index (χ3n) is 5.25. The minimum atomic E-state index is -4.73. The summed E-state index contributed by atoms with van der Waals surface area (Å²) in [5.74, 6) is 2.19. The normalized spacial score (nSPS) is 15.9. The number of hydrogen-bond acceptors (Lipinski definition) is 7. The van der Waals surface area contributed by atoms with Crippen LogP contribution in [0.2, 0.25) is 0 Å². The zero-order valence-electron chi connectivity index (χ0n) is 17.9. The van der Waals surface area contributed by atoms with Gasteiger partial charge in [0, 0.05) is 6.54 Å². The Morgan fingerprint density at radius 2 is 1.44 bits per heavy atom. The summed E-state index contributed by atoms with van der Waals surface area (Å²) in [6.45, 7) is 2.59. The van der Waals surface area contributed by atoms with Crippen molar-refractivity contribution in [3.05, 3.63) is 66.2 Å². The first-order valence-corrected chi connectivity index (χ1v) is 10.6. The number of nitrogens with one attached hydrogen (secondary N) is 1. The molecule has 0 bridgehead atoms. The second kappa shape index (κ2) is 9.32. The molecule has 0 saturated carbocycles. The summed E-state index contributed by atoms with van der Waals surface area (Å²) in [5.41, 5.74) is 5.42. The minimum Gasteiger partial charge on any atom is -0.488 e. The Bertz CT molecular complexity index is 1150. The van der Waals surface area contributed by atoms with Gasteiger partial charge in [0.05, 0.1) is 6.54 Å². The van der Waals surface area contributed by atoms with E-state index in [4.69, 9.17) is 19.0 Å². The van der Waals surface area contributed by atoms with Crippen LogP contribution in [-0.2, 0) is 6.54 Å². The molecule has 2 aliphatic rings. The molecule has 0 aliphatic carbocycles. The molecule has 10 heteroatoms. The molecule has 7 nitrogen and oxygen atoms in total.